The molecule has 3 rings (SSSR count). The third-order valence-electron chi connectivity index (χ3n) is 3.95. The van der Waals surface area contributed by atoms with Crippen molar-refractivity contribution in [2.45, 2.75) is 25.9 Å². The van der Waals surface area contributed by atoms with Crippen molar-refractivity contribution in [3.63, 3.8) is 0 Å². The zero-order chi connectivity index (χ0) is 18.7. The Labute approximate surface area is 148 Å². The zero-order valence-corrected chi connectivity index (χ0v) is 14.0. The molecule has 0 aliphatic carbocycles. The number of hydrogen-bond acceptors (Lipinski definition) is 5. The van der Waals surface area contributed by atoms with Gasteiger partial charge in [0.1, 0.15) is 12.3 Å². The molecule has 1 aromatic carbocycles. The van der Waals surface area contributed by atoms with Gasteiger partial charge in [0.05, 0.1) is 29.8 Å². The van der Waals surface area contributed by atoms with Gasteiger partial charge < -0.3 is 14.8 Å². The van der Waals surface area contributed by atoms with E-state index in [9.17, 15) is 14.4 Å². The van der Waals surface area contributed by atoms with Gasteiger partial charge in [-0.15, -0.1) is 0 Å². The molecule has 0 unspecified atom stereocenters. The van der Waals surface area contributed by atoms with Gasteiger partial charge in [0.15, 0.2) is 0 Å². The Kier molecular flexibility index (Phi) is 4.83. The van der Waals surface area contributed by atoms with Gasteiger partial charge in [0.25, 0.3) is 5.56 Å². The van der Waals surface area contributed by atoms with Crippen molar-refractivity contribution in [2.75, 3.05) is 0 Å². The molecular formula is C18H17N3O5. The lowest BCUT2D eigenvalue weighted by atomic mass is 10.1. The van der Waals surface area contributed by atoms with Crippen LogP contribution in [0.3, 0.4) is 0 Å². The number of nitrogens with one attached hydrogen (secondary N) is 1. The molecule has 0 radical (unpaired) electrons. The van der Waals surface area contributed by atoms with Crippen LogP contribution in [0.15, 0.2) is 51.9 Å². The maximum atomic E-state index is 12.5. The van der Waals surface area contributed by atoms with Crippen LogP contribution in [-0.2, 0) is 16.1 Å². The topological polar surface area (TPSA) is 114 Å². The molecule has 2 aromatic heterocycles. The summed E-state index contributed by atoms with van der Waals surface area (Å²) < 4.78 is 6.26. The van der Waals surface area contributed by atoms with Gasteiger partial charge in [-0.2, -0.15) is 5.10 Å². The molecule has 0 aliphatic rings. The first-order valence-corrected chi connectivity index (χ1v) is 7.96. The van der Waals surface area contributed by atoms with Crippen molar-refractivity contribution in [3.8, 4) is 0 Å². The van der Waals surface area contributed by atoms with Crippen LogP contribution in [0.1, 0.15) is 23.9 Å². The molecule has 0 saturated carbocycles. The number of rotatable bonds is 6. The van der Waals surface area contributed by atoms with Gasteiger partial charge in [-0.05, 0) is 25.1 Å². The SMILES string of the molecule is Cc1nn(CC(=O)N[C@H](CC(=O)O)c2ccco2)c(=O)c2ccccc12. The molecule has 8 nitrogen and oxygen atoms in total. The van der Waals surface area contributed by atoms with E-state index in [1.807, 2.05) is 6.07 Å². The molecule has 3 aromatic rings. The third kappa shape index (κ3) is 3.64. The van der Waals surface area contributed by atoms with Crippen LogP contribution in [-0.4, -0.2) is 26.8 Å². The average Bonchev–Trinajstić information content (AvgIpc) is 3.13. The molecular weight excluding hydrogens is 338 g/mol. The molecule has 2 N–H and O–H groups in total. The van der Waals surface area contributed by atoms with Crippen molar-refractivity contribution in [1.29, 1.82) is 0 Å². The number of amides is 1. The van der Waals surface area contributed by atoms with Crippen molar-refractivity contribution in [3.05, 3.63) is 64.5 Å². The molecule has 8 heteroatoms. The highest BCUT2D eigenvalue weighted by atomic mass is 16.4. The quantitative estimate of drug-likeness (QED) is 0.694. The maximum absolute atomic E-state index is 12.5. The lowest BCUT2D eigenvalue weighted by Crippen LogP contribution is -2.36. The van der Waals surface area contributed by atoms with Crippen LogP contribution in [0.2, 0.25) is 0 Å². The number of aryl methyl sites for hydroxylation is 1. The molecule has 0 saturated heterocycles. The zero-order valence-electron chi connectivity index (χ0n) is 14.0. The van der Waals surface area contributed by atoms with E-state index in [0.29, 0.717) is 16.8 Å². The Morgan fingerprint density at radius 3 is 2.62 bits per heavy atom. The van der Waals surface area contributed by atoms with Crippen molar-refractivity contribution >= 4 is 22.6 Å². The fourth-order valence-electron chi connectivity index (χ4n) is 2.77. The minimum Gasteiger partial charge on any atom is -0.481 e. The van der Waals surface area contributed by atoms with E-state index >= 15 is 0 Å². The number of furan rings is 1. The summed E-state index contributed by atoms with van der Waals surface area (Å²) in [7, 11) is 0. The Morgan fingerprint density at radius 2 is 1.96 bits per heavy atom. The predicted molar refractivity (Wildman–Crippen MR) is 92.6 cm³/mol. The molecule has 0 fully saturated rings. The van der Waals surface area contributed by atoms with Crippen molar-refractivity contribution in [1.82, 2.24) is 15.1 Å². The first-order valence-electron chi connectivity index (χ1n) is 7.96. The molecule has 0 spiro atoms. The predicted octanol–water partition coefficient (Wildman–Crippen LogP) is 1.63. The smallest absolute Gasteiger partial charge is 0.305 e. The summed E-state index contributed by atoms with van der Waals surface area (Å²) >= 11 is 0. The van der Waals surface area contributed by atoms with Gasteiger partial charge in [0, 0.05) is 5.39 Å². The Hall–Kier alpha value is -3.42. The Bertz CT molecular complexity index is 1010. The first kappa shape index (κ1) is 17.4. The number of benzene rings is 1. The molecule has 0 bridgehead atoms. The second-order valence-corrected chi connectivity index (χ2v) is 5.83. The van der Waals surface area contributed by atoms with Crippen LogP contribution >= 0.6 is 0 Å². The molecule has 1 amide bonds. The van der Waals surface area contributed by atoms with E-state index in [0.717, 1.165) is 10.1 Å². The minimum atomic E-state index is -1.08. The number of fused-ring (bicyclic) bond motifs is 1. The van der Waals surface area contributed by atoms with Crippen molar-refractivity contribution < 1.29 is 19.1 Å². The monoisotopic (exact) mass is 355 g/mol. The lowest BCUT2D eigenvalue weighted by molar-refractivity contribution is -0.138. The first-order chi connectivity index (χ1) is 12.5. The number of carboxylic acid groups (broad SMARTS) is 1. The highest BCUT2D eigenvalue weighted by Crippen LogP contribution is 2.17. The van der Waals surface area contributed by atoms with Crippen molar-refractivity contribution in [2.24, 2.45) is 0 Å². The van der Waals surface area contributed by atoms with Crippen LogP contribution < -0.4 is 10.9 Å². The summed E-state index contributed by atoms with van der Waals surface area (Å²) in [6.07, 6.45) is 1.06. The summed E-state index contributed by atoms with van der Waals surface area (Å²) in [6.45, 7) is 1.44. The van der Waals surface area contributed by atoms with E-state index in [4.69, 9.17) is 9.52 Å². The summed E-state index contributed by atoms with van der Waals surface area (Å²) in [5, 5.41) is 17.0. The summed E-state index contributed by atoms with van der Waals surface area (Å²) in [5.74, 6) is -1.28. The molecule has 2 heterocycles. The second kappa shape index (κ2) is 7.22. The number of nitrogens with zero attached hydrogens (tertiary/aromatic N) is 2. The summed E-state index contributed by atoms with van der Waals surface area (Å²) in [4.78, 5) is 35.9. The normalized spacial score (nSPS) is 12.0. The van der Waals surface area contributed by atoms with Crippen LogP contribution in [0.25, 0.3) is 10.8 Å². The molecule has 26 heavy (non-hydrogen) atoms. The third-order valence-corrected chi connectivity index (χ3v) is 3.95. The van der Waals surface area contributed by atoms with Gasteiger partial charge in [0.2, 0.25) is 5.91 Å². The van der Waals surface area contributed by atoms with Gasteiger partial charge >= 0.3 is 5.97 Å². The summed E-state index contributed by atoms with van der Waals surface area (Å²) in [6, 6.07) is 9.39. The number of carbonyl (C=O) groups is 2. The van der Waals surface area contributed by atoms with E-state index in [2.05, 4.69) is 10.4 Å². The van der Waals surface area contributed by atoms with E-state index < -0.39 is 17.9 Å². The lowest BCUT2D eigenvalue weighted by Gasteiger charge is -2.15. The fraction of sp³-hybridized carbons (Fsp3) is 0.222. The number of hydrogen-bond donors (Lipinski definition) is 2. The number of aliphatic carboxylic acids is 1. The van der Waals surface area contributed by atoms with Crippen LogP contribution in [0, 0.1) is 6.92 Å². The van der Waals surface area contributed by atoms with Crippen LogP contribution in [0.4, 0.5) is 0 Å². The van der Waals surface area contributed by atoms with Gasteiger partial charge in [-0.25, -0.2) is 4.68 Å². The highest BCUT2D eigenvalue weighted by molar-refractivity contribution is 5.84. The molecule has 134 valence electrons. The number of carboxylic acids is 1. The maximum Gasteiger partial charge on any atom is 0.305 e. The fourth-order valence-corrected chi connectivity index (χ4v) is 2.77. The average molecular weight is 355 g/mol. The standard InChI is InChI=1S/C18H17N3O5/c1-11-12-5-2-3-6-13(12)18(25)21(20-11)10-16(22)19-14(9-17(23)24)15-7-4-8-26-15/h2-8,14H,9-10H2,1H3,(H,19,22)(H,23,24)/t14-/m1/s1. The molecule has 1 atom stereocenters. The molecule has 0 aliphatic heterocycles. The van der Waals surface area contributed by atoms with E-state index in [1.54, 1.807) is 37.3 Å². The number of aromatic nitrogens is 2. The van der Waals surface area contributed by atoms with E-state index in [-0.39, 0.29) is 18.5 Å². The summed E-state index contributed by atoms with van der Waals surface area (Å²) in [5.41, 5.74) is 0.246. The highest BCUT2D eigenvalue weighted by Gasteiger charge is 2.21. The van der Waals surface area contributed by atoms with Gasteiger partial charge in [-0.1, -0.05) is 18.2 Å². The van der Waals surface area contributed by atoms with Gasteiger partial charge in [-0.3, -0.25) is 14.4 Å². The van der Waals surface area contributed by atoms with E-state index in [1.165, 1.54) is 6.26 Å². The minimum absolute atomic E-state index is 0.318. The Morgan fingerprint density at radius 1 is 1.23 bits per heavy atom. The van der Waals surface area contributed by atoms with Crippen LogP contribution in [0.5, 0.6) is 0 Å². The number of carbonyl (C=O) groups excluding carboxylic acids is 1. The second-order valence-electron chi connectivity index (χ2n) is 5.83. The largest absolute Gasteiger partial charge is 0.481 e. The Balaban J connectivity index is 1.83.